The van der Waals surface area contributed by atoms with Gasteiger partial charge in [0.05, 0.1) is 5.71 Å². The summed E-state index contributed by atoms with van der Waals surface area (Å²) in [5.41, 5.74) is 5.37. The summed E-state index contributed by atoms with van der Waals surface area (Å²) >= 11 is 7.92. The van der Waals surface area contributed by atoms with Crippen molar-refractivity contribution in [2.24, 2.45) is 4.99 Å². The number of thiophene rings is 1. The minimum absolute atomic E-state index is 0.189. The molecule has 0 radical (unpaired) electrons. The zero-order chi connectivity index (χ0) is 20.8. The summed E-state index contributed by atoms with van der Waals surface area (Å²) in [7, 11) is 0. The van der Waals surface area contributed by atoms with Gasteiger partial charge >= 0.3 is 0 Å². The number of benzene rings is 1. The van der Waals surface area contributed by atoms with Gasteiger partial charge in [0.15, 0.2) is 5.82 Å². The summed E-state index contributed by atoms with van der Waals surface area (Å²) in [6.07, 6.45) is 2.47. The highest BCUT2D eigenvalue weighted by molar-refractivity contribution is 7.15. The zero-order valence-corrected chi connectivity index (χ0v) is 18.5. The minimum Gasteiger partial charge on any atom is -0.272 e. The van der Waals surface area contributed by atoms with E-state index in [0.717, 1.165) is 39.2 Å². The summed E-state index contributed by atoms with van der Waals surface area (Å²) < 4.78 is 2.17. The van der Waals surface area contributed by atoms with E-state index in [2.05, 4.69) is 33.6 Å². The van der Waals surface area contributed by atoms with Crippen LogP contribution in [0.2, 0.25) is 5.02 Å². The molecular formula is C23H20ClN5S. The molecule has 4 heterocycles. The maximum absolute atomic E-state index is 6.16. The van der Waals surface area contributed by atoms with Crippen LogP contribution in [0.4, 0.5) is 0 Å². The second-order valence-corrected chi connectivity index (χ2v) is 9.07. The number of halogens is 1. The molecule has 0 saturated heterocycles. The van der Waals surface area contributed by atoms with Crippen LogP contribution in [0.1, 0.15) is 45.0 Å². The molecule has 0 saturated carbocycles. The number of fused-ring (bicyclic) bond motifs is 3. The monoisotopic (exact) mass is 433 g/mol. The molecule has 3 aromatic heterocycles. The lowest BCUT2D eigenvalue weighted by atomic mass is 9.99. The van der Waals surface area contributed by atoms with Crippen LogP contribution in [0.25, 0.3) is 5.00 Å². The predicted molar refractivity (Wildman–Crippen MR) is 121 cm³/mol. The van der Waals surface area contributed by atoms with E-state index in [0.29, 0.717) is 11.4 Å². The largest absolute Gasteiger partial charge is 0.272 e. The van der Waals surface area contributed by atoms with Crippen molar-refractivity contribution in [2.45, 2.75) is 33.2 Å². The van der Waals surface area contributed by atoms with Gasteiger partial charge in [-0.25, -0.2) is 0 Å². The molecule has 1 unspecified atom stereocenters. The molecule has 4 aromatic rings. The second kappa shape index (κ2) is 7.45. The molecule has 30 heavy (non-hydrogen) atoms. The molecule has 7 heteroatoms. The van der Waals surface area contributed by atoms with Gasteiger partial charge < -0.3 is 0 Å². The number of hydrogen-bond donors (Lipinski definition) is 0. The fourth-order valence-corrected chi connectivity index (χ4v) is 5.19. The Balaban J connectivity index is 1.76. The van der Waals surface area contributed by atoms with Gasteiger partial charge in [0, 0.05) is 39.3 Å². The zero-order valence-electron chi connectivity index (χ0n) is 16.9. The van der Waals surface area contributed by atoms with Crippen LogP contribution < -0.4 is 0 Å². The Labute approximate surface area is 184 Å². The maximum Gasteiger partial charge on any atom is 0.163 e. The molecule has 0 fully saturated rings. The lowest BCUT2D eigenvalue weighted by molar-refractivity contribution is 0.648. The van der Waals surface area contributed by atoms with Crippen LogP contribution in [0.5, 0.6) is 0 Å². The number of aliphatic imine (C=N–C) groups is 1. The Hall–Kier alpha value is -2.83. The van der Waals surface area contributed by atoms with Crippen molar-refractivity contribution in [1.82, 2.24) is 19.7 Å². The lowest BCUT2D eigenvalue weighted by Gasteiger charge is -2.12. The molecule has 0 aliphatic carbocycles. The molecular weight excluding hydrogens is 414 g/mol. The average Bonchev–Trinajstić information content (AvgIpc) is 3.22. The first-order valence-electron chi connectivity index (χ1n) is 9.79. The van der Waals surface area contributed by atoms with Gasteiger partial charge in [0.2, 0.25) is 0 Å². The highest BCUT2D eigenvalue weighted by atomic mass is 35.5. The van der Waals surface area contributed by atoms with Gasteiger partial charge in [-0.1, -0.05) is 29.8 Å². The third-order valence-corrected chi connectivity index (χ3v) is 6.93. The average molecular weight is 434 g/mol. The number of pyridine rings is 1. The van der Waals surface area contributed by atoms with Crippen molar-refractivity contribution in [1.29, 1.82) is 0 Å². The molecule has 1 aromatic carbocycles. The fourth-order valence-electron chi connectivity index (χ4n) is 3.85. The number of aryl methyl sites for hydroxylation is 2. The molecule has 0 amide bonds. The van der Waals surface area contributed by atoms with Crippen LogP contribution in [-0.4, -0.2) is 25.5 Å². The Morgan fingerprint density at radius 1 is 1.03 bits per heavy atom. The standard InChI is InChI=1S/C23H20ClN5S/c1-13-14(2)30-23-20(13)21(16-7-9-17(24)10-8-16)26-19(12-18-6-4-5-11-25-18)22-28-27-15(3)29(22)23/h4-11,19H,12H2,1-3H3. The number of hydrogen-bond acceptors (Lipinski definition) is 5. The number of aromatic nitrogens is 4. The smallest absolute Gasteiger partial charge is 0.163 e. The van der Waals surface area contributed by atoms with Crippen LogP contribution >= 0.6 is 22.9 Å². The van der Waals surface area contributed by atoms with Crippen LogP contribution in [0, 0.1) is 20.8 Å². The predicted octanol–water partition coefficient (Wildman–Crippen LogP) is 5.44. The van der Waals surface area contributed by atoms with Crippen LogP contribution in [0.15, 0.2) is 53.7 Å². The first-order valence-corrected chi connectivity index (χ1v) is 11.0. The second-order valence-electron chi connectivity index (χ2n) is 7.43. The summed E-state index contributed by atoms with van der Waals surface area (Å²) in [4.78, 5) is 11.0. The molecule has 0 N–H and O–H groups in total. The summed E-state index contributed by atoms with van der Waals surface area (Å²) in [6, 6.07) is 13.7. The van der Waals surface area contributed by atoms with E-state index in [1.54, 1.807) is 11.3 Å². The van der Waals surface area contributed by atoms with Crippen molar-refractivity contribution >= 4 is 28.6 Å². The third-order valence-electron chi connectivity index (χ3n) is 5.49. The normalized spacial score (nSPS) is 15.3. The van der Waals surface area contributed by atoms with E-state index in [1.165, 1.54) is 10.4 Å². The minimum atomic E-state index is -0.189. The Morgan fingerprint density at radius 3 is 2.57 bits per heavy atom. The quantitative estimate of drug-likeness (QED) is 0.432. The molecule has 1 aliphatic heterocycles. The third kappa shape index (κ3) is 3.16. The highest BCUT2D eigenvalue weighted by Gasteiger charge is 2.31. The van der Waals surface area contributed by atoms with Crippen molar-refractivity contribution in [3.63, 3.8) is 0 Å². The number of nitrogens with zero attached hydrogens (tertiary/aromatic N) is 5. The van der Waals surface area contributed by atoms with Gasteiger partial charge in [0.1, 0.15) is 16.9 Å². The van der Waals surface area contributed by atoms with E-state index in [-0.39, 0.29) is 6.04 Å². The Morgan fingerprint density at radius 2 is 1.83 bits per heavy atom. The van der Waals surface area contributed by atoms with Crippen molar-refractivity contribution in [2.75, 3.05) is 0 Å². The van der Waals surface area contributed by atoms with Gasteiger partial charge in [-0.3, -0.25) is 14.5 Å². The maximum atomic E-state index is 6.16. The van der Waals surface area contributed by atoms with Gasteiger partial charge in [-0.2, -0.15) is 0 Å². The van der Waals surface area contributed by atoms with Gasteiger partial charge in [0.25, 0.3) is 0 Å². The number of rotatable bonds is 3. The summed E-state index contributed by atoms with van der Waals surface area (Å²) in [6.45, 7) is 6.31. The van der Waals surface area contributed by atoms with E-state index in [9.17, 15) is 0 Å². The first-order chi connectivity index (χ1) is 14.5. The lowest BCUT2D eigenvalue weighted by Crippen LogP contribution is -2.09. The topological polar surface area (TPSA) is 56.0 Å². The summed E-state index contributed by atoms with van der Waals surface area (Å²) in [5.74, 6) is 1.72. The molecule has 150 valence electrons. The van der Waals surface area contributed by atoms with Crippen molar-refractivity contribution < 1.29 is 0 Å². The molecule has 5 nitrogen and oxygen atoms in total. The molecule has 1 atom stereocenters. The van der Waals surface area contributed by atoms with Crippen LogP contribution in [0.3, 0.4) is 0 Å². The molecule has 0 spiro atoms. The highest BCUT2D eigenvalue weighted by Crippen LogP contribution is 2.39. The Kier molecular flexibility index (Phi) is 4.76. The molecule has 5 rings (SSSR count). The first kappa shape index (κ1) is 19.2. The van der Waals surface area contributed by atoms with E-state index in [1.807, 2.05) is 55.6 Å². The van der Waals surface area contributed by atoms with Crippen molar-refractivity contribution in [3.8, 4) is 5.00 Å². The van der Waals surface area contributed by atoms with E-state index >= 15 is 0 Å². The summed E-state index contributed by atoms with van der Waals surface area (Å²) in [5, 5.41) is 10.8. The van der Waals surface area contributed by atoms with E-state index < -0.39 is 0 Å². The molecule has 1 aliphatic rings. The van der Waals surface area contributed by atoms with Crippen LogP contribution in [-0.2, 0) is 6.42 Å². The van der Waals surface area contributed by atoms with E-state index in [4.69, 9.17) is 16.6 Å². The Bertz CT molecular complexity index is 1250. The molecule has 0 bridgehead atoms. The van der Waals surface area contributed by atoms with Gasteiger partial charge in [-0.15, -0.1) is 21.5 Å². The van der Waals surface area contributed by atoms with Gasteiger partial charge in [-0.05, 0) is 50.6 Å². The van der Waals surface area contributed by atoms with Crippen molar-refractivity contribution in [3.05, 3.63) is 92.6 Å². The fraction of sp³-hybridized carbons (Fsp3) is 0.217. The SMILES string of the molecule is Cc1sc2c(c1C)C(c1ccc(Cl)cc1)=NC(Cc1ccccn1)c1nnc(C)n1-2.